The van der Waals surface area contributed by atoms with Gasteiger partial charge in [0.15, 0.2) is 0 Å². The minimum Gasteiger partial charge on any atom is -0.298 e. The minimum atomic E-state index is -0.615. The lowest BCUT2D eigenvalue weighted by molar-refractivity contribution is 0.0429. The summed E-state index contributed by atoms with van der Waals surface area (Å²) in [5, 5.41) is 3.37. The predicted octanol–water partition coefficient (Wildman–Crippen LogP) is 2.93. The van der Waals surface area contributed by atoms with Gasteiger partial charge in [-0.2, -0.15) is 0 Å². The Bertz CT molecular complexity index is 189. The number of nitrogens with one attached hydrogen (secondary N) is 1. The van der Waals surface area contributed by atoms with Crippen LogP contribution in [0.2, 0.25) is 0 Å². The molecule has 6 unspecified atom stereocenters. The van der Waals surface area contributed by atoms with Gasteiger partial charge in [0, 0.05) is 12.0 Å². The zero-order valence-electron chi connectivity index (χ0n) is 8.84. The van der Waals surface area contributed by atoms with Crippen molar-refractivity contribution in [2.75, 3.05) is 0 Å². The standard InChI is InChI=1S/C11H19ClFN/c1-6-3-4-9(13)8-5-7(2)11(12)14-10(6)8/h6-11,14H,3-5H2,1-2H3. The zero-order valence-corrected chi connectivity index (χ0v) is 9.60. The van der Waals surface area contributed by atoms with Gasteiger partial charge in [-0.3, -0.25) is 5.32 Å². The summed E-state index contributed by atoms with van der Waals surface area (Å²) >= 11 is 6.17. The molecular formula is C11H19ClFN. The van der Waals surface area contributed by atoms with Crippen molar-refractivity contribution in [3.63, 3.8) is 0 Å². The van der Waals surface area contributed by atoms with E-state index in [1.165, 1.54) is 0 Å². The summed E-state index contributed by atoms with van der Waals surface area (Å²) in [5.74, 6) is 1.16. The van der Waals surface area contributed by atoms with E-state index in [1.54, 1.807) is 0 Å². The maximum absolute atomic E-state index is 13.7. The Morgan fingerprint density at radius 3 is 2.64 bits per heavy atom. The molecule has 1 heterocycles. The molecule has 1 aliphatic carbocycles. The highest BCUT2D eigenvalue weighted by molar-refractivity contribution is 6.20. The highest BCUT2D eigenvalue weighted by Crippen LogP contribution is 2.40. The van der Waals surface area contributed by atoms with Gasteiger partial charge in [0.05, 0.1) is 5.50 Å². The molecule has 0 aromatic carbocycles. The molecule has 82 valence electrons. The fourth-order valence-electron chi connectivity index (χ4n) is 2.94. The maximum atomic E-state index is 13.7. The van der Waals surface area contributed by atoms with Crippen LogP contribution in [-0.4, -0.2) is 17.7 Å². The number of halogens is 2. The Labute approximate surface area is 90.4 Å². The molecule has 2 aliphatic rings. The number of fused-ring (bicyclic) bond motifs is 1. The zero-order chi connectivity index (χ0) is 10.3. The summed E-state index contributed by atoms with van der Waals surface area (Å²) in [5.41, 5.74) is 0.0315. The topological polar surface area (TPSA) is 12.0 Å². The lowest BCUT2D eigenvalue weighted by atomic mass is 9.71. The Balaban J connectivity index is 2.10. The SMILES string of the molecule is CC1CC2C(F)CCC(C)C2NC1Cl. The summed E-state index contributed by atoms with van der Waals surface area (Å²) in [6, 6.07) is 0.303. The first-order chi connectivity index (χ1) is 6.59. The molecule has 1 N–H and O–H groups in total. The maximum Gasteiger partial charge on any atom is 0.104 e. The molecule has 6 atom stereocenters. The van der Waals surface area contributed by atoms with Gasteiger partial charge < -0.3 is 0 Å². The smallest absolute Gasteiger partial charge is 0.104 e. The first kappa shape index (κ1) is 10.7. The molecule has 0 amide bonds. The average Bonchev–Trinajstić information content (AvgIpc) is 2.15. The Kier molecular flexibility index (Phi) is 3.03. The predicted molar refractivity (Wildman–Crippen MR) is 57.1 cm³/mol. The van der Waals surface area contributed by atoms with E-state index in [-0.39, 0.29) is 11.4 Å². The van der Waals surface area contributed by atoms with Crippen LogP contribution in [0, 0.1) is 17.8 Å². The first-order valence-electron chi connectivity index (χ1n) is 5.63. The van der Waals surface area contributed by atoms with Crippen LogP contribution in [0.25, 0.3) is 0 Å². The van der Waals surface area contributed by atoms with Crippen molar-refractivity contribution in [3.8, 4) is 0 Å². The van der Waals surface area contributed by atoms with Crippen molar-refractivity contribution in [2.45, 2.75) is 50.8 Å². The van der Waals surface area contributed by atoms with Gasteiger partial charge in [0.25, 0.3) is 0 Å². The fraction of sp³-hybridized carbons (Fsp3) is 1.00. The second-order valence-electron chi connectivity index (χ2n) is 5.04. The second-order valence-corrected chi connectivity index (χ2v) is 5.51. The van der Waals surface area contributed by atoms with Gasteiger partial charge in [-0.1, -0.05) is 13.8 Å². The van der Waals surface area contributed by atoms with Crippen LogP contribution in [0.15, 0.2) is 0 Å². The molecule has 1 aliphatic heterocycles. The average molecular weight is 220 g/mol. The van der Waals surface area contributed by atoms with Crippen molar-refractivity contribution in [3.05, 3.63) is 0 Å². The molecule has 0 aromatic rings. The Morgan fingerprint density at radius 1 is 1.21 bits per heavy atom. The fourth-order valence-corrected chi connectivity index (χ4v) is 3.19. The Morgan fingerprint density at radius 2 is 1.93 bits per heavy atom. The van der Waals surface area contributed by atoms with Crippen molar-refractivity contribution in [1.29, 1.82) is 0 Å². The van der Waals surface area contributed by atoms with Gasteiger partial charge in [0.2, 0.25) is 0 Å². The highest BCUT2D eigenvalue weighted by atomic mass is 35.5. The number of alkyl halides is 2. The minimum absolute atomic E-state index is 0.0315. The number of piperidine rings is 1. The third kappa shape index (κ3) is 1.79. The van der Waals surface area contributed by atoms with Gasteiger partial charge in [0.1, 0.15) is 6.17 Å². The molecule has 2 rings (SSSR count). The van der Waals surface area contributed by atoms with Crippen molar-refractivity contribution in [1.82, 2.24) is 5.32 Å². The second kappa shape index (κ2) is 3.97. The van der Waals surface area contributed by atoms with Gasteiger partial charge >= 0.3 is 0 Å². The van der Waals surface area contributed by atoms with Crippen LogP contribution >= 0.6 is 11.6 Å². The van der Waals surface area contributed by atoms with Gasteiger partial charge in [-0.05, 0) is 31.1 Å². The van der Waals surface area contributed by atoms with Gasteiger partial charge in [-0.15, -0.1) is 11.6 Å². The van der Waals surface area contributed by atoms with E-state index in [0.717, 1.165) is 19.3 Å². The van der Waals surface area contributed by atoms with Crippen molar-refractivity contribution < 1.29 is 4.39 Å². The highest BCUT2D eigenvalue weighted by Gasteiger charge is 2.43. The number of hydrogen-bond acceptors (Lipinski definition) is 1. The molecule has 0 bridgehead atoms. The normalized spacial score (nSPS) is 54.0. The lowest BCUT2D eigenvalue weighted by Crippen LogP contribution is -2.56. The third-order valence-corrected chi connectivity index (χ3v) is 4.49. The van der Waals surface area contributed by atoms with E-state index >= 15 is 0 Å². The van der Waals surface area contributed by atoms with E-state index in [9.17, 15) is 4.39 Å². The van der Waals surface area contributed by atoms with Crippen LogP contribution in [-0.2, 0) is 0 Å². The molecule has 1 nitrogen and oxygen atoms in total. The molecular weight excluding hydrogens is 201 g/mol. The molecule has 1 saturated heterocycles. The van der Waals surface area contributed by atoms with Crippen LogP contribution < -0.4 is 5.32 Å². The van der Waals surface area contributed by atoms with Crippen LogP contribution in [0.3, 0.4) is 0 Å². The van der Waals surface area contributed by atoms with E-state index in [0.29, 0.717) is 17.9 Å². The van der Waals surface area contributed by atoms with Crippen molar-refractivity contribution >= 4 is 11.6 Å². The molecule has 0 spiro atoms. The van der Waals surface area contributed by atoms with Crippen molar-refractivity contribution in [2.24, 2.45) is 17.8 Å². The van der Waals surface area contributed by atoms with E-state index in [4.69, 9.17) is 11.6 Å². The number of rotatable bonds is 0. The molecule has 0 radical (unpaired) electrons. The molecule has 14 heavy (non-hydrogen) atoms. The summed E-state index contributed by atoms with van der Waals surface area (Å²) < 4.78 is 13.7. The van der Waals surface area contributed by atoms with Crippen LogP contribution in [0.1, 0.15) is 33.1 Å². The van der Waals surface area contributed by atoms with E-state index < -0.39 is 6.17 Å². The quantitative estimate of drug-likeness (QED) is 0.488. The Hall–Kier alpha value is 0.180. The third-order valence-electron chi connectivity index (χ3n) is 3.93. The van der Waals surface area contributed by atoms with Gasteiger partial charge in [-0.25, -0.2) is 4.39 Å². The van der Waals surface area contributed by atoms with Crippen LogP contribution in [0.4, 0.5) is 4.39 Å². The van der Waals surface area contributed by atoms with Crippen LogP contribution in [0.5, 0.6) is 0 Å². The summed E-state index contributed by atoms with van der Waals surface area (Å²) in [6.07, 6.45) is 2.06. The monoisotopic (exact) mass is 219 g/mol. The number of hydrogen-bond donors (Lipinski definition) is 1. The molecule has 0 aromatic heterocycles. The molecule has 3 heteroatoms. The first-order valence-corrected chi connectivity index (χ1v) is 6.07. The largest absolute Gasteiger partial charge is 0.298 e. The summed E-state index contributed by atoms with van der Waals surface area (Å²) in [7, 11) is 0. The van der Waals surface area contributed by atoms with E-state index in [1.807, 2.05) is 0 Å². The summed E-state index contributed by atoms with van der Waals surface area (Å²) in [6.45, 7) is 4.31. The molecule has 1 saturated carbocycles. The lowest BCUT2D eigenvalue weighted by Gasteiger charge is -2.46. The summed E-state index contributed by atoms with van der Waals surface area (Å²) in [4.78, 5) is 0. The molecule has 2 fully saturated rings. The van der Waals surface area contributed by atoms with E-state index in [2.05, 4.69) is 19.2 Å².